The van der Waals surface area contributed by atoms with Crippen LogP contribution in [0.15, 0.2) is 12.1 Å². The minimum atomic E-state index is 0.811. The lowest BCUT2D eigenvalue weighted by Crippen LogP contribution is -2.14. The number of hydrogen-bond donors (Lipinski definition) is 0. The molecule has 14 heavy (non-hydrogen) atoms. The summed E-state index contributed by atoms with van der Waals surface area (Å²) in [7, 11) is 8.00. The summed E-state index contributed by atoms with van der Waals surface area (Å²) in [5.41, 5.74) is 3.35. The molecule has 0 aliphatic carbocycles. The van der Waals surface area contributed by atoms with Crippen LogP contribution in [0.4, 0.5) is 11.4 Å². The van der Waals surface area contributed by atoms with Crippen LogP contribution in [-0.4, -0.2) is 28.2 Å². The van der Waals surface area contributed by atoms with Crippen LogP contribution in [0.2, 0.25) is 5.02 Å². The van der Waals surface area contributed by atoms with Crippen molar-refractivity contribution in [3.63, 3.8) is 0 Å². The van der Waals surface area contributed by atoms with Crippen LogP contribution in [0.1, 0.15) is 5.56 Å². The largest absolute Gasteiger partial charge is 0.376 e. The lowest BCUT2D eigenvalue weighted by Gasteiger charge is -2.21. The summed E-state index contributed by atoms with van der Waals surface area (Å²) in [5, 5.41) is 0.811. The summed E-state index contributed by atoms with van der Waals surface area (Å²) in [6.07, 6.45) is 0. The fourth-order valence-electron chi connectivity index (χ4n) is 1.38. The molecule has 0 atom stereocenters. The highest BCUT2D eigenvalue weighted by atomic mass is 35.5. The molecule has 0 amide bonds. The average molecular weight is 213 g/mol. The molecular formula is C11H17ClN2. The molecular weight excluding hydrogens is 196 g/mol. The van der Waals surface area contributed by atoms with Crippen LogP contribution in [0.3, 0.4) is 0 Å². The van der Waals surface area contributed by atoms with Crippen LogP contribution in [0, 0.1) is 6.92 Å². The molecule has 0 radical (unpaired) electrons. The van der Waals surface area contributed by atoms with Gasteiger partial charge in [-0.3, -0.25) is 0 Å². The molecule has 0 N–H and O–H groups in total. The highest BCUT2D eigenvalue weighted by molar-refractivity contribution is 6.36. The molecule has 1 aromatic rings. The highest BCUT2D eigenvalue weighted by Gasteiger charge is 2.10. The zero-order chi connectivity index (χ0) is 10.9. The SMILES string of the molecule is Cc1cc(N(C)C)c(Cl)c(N(C)C)c1. The van der Waals surface area contributed by atoms with Gasteiger partial charge >= 0.3 is 0 Å². The van der Waals surface area contributed by atoms with Crippen LogP contribution in [-0.2, 0) is 0 Å². The molecule has 0 saturated heterocycles. The van der Waals surface area contributed by atoms with Gasteiger partial charge in [-0.05, 0) is 24.6 Å². The first-order chi connectivity index (χ1) is 6.43. The predicted octanol–water partition coefficient (Wildman–Crippen LogP) is 2.78. The Balaban J connectivity index is 3.32. The summed E-state index contributed by atoms with van der Waals surface area (Å²) < 4.78 is 0. The fraction of sp³-hybridized carbons (Fsp3) is 0.455. The number of benzene rings is 1. The van der Waals surface area contributed by atoms with Crippen molar-refractivity contribution >= 4 is 23.0 Å². The minimum absolute atomic E-state index is 0.811. The zero-order valence-electron chi connectivity index (χ0n) is 9.43. The predicted molar refractivity (Wildman–Crippen MR) is 64.8 cm³/mol. The molecule has 0 fully saturated rings. The van der Waals surface area contributed by atoms with E-state index in [0.717, 1.165) is 16.4 Å². The smallest absolute Gasteiger partial charge is 0.0872 e. The van der Waals surface area contributed by atoms with Crippen molar-refractivity contribution in [3.05, 3.63) is 22.7 Å². The van der Waals surface area contributed by atoms with Gasteiger partial charge in [0.25, 0.3) is 0 Å². The van der Waals surface area contributed by atoms with E-state index in [1.165, 1.54) is 5.56 Å². The van der Waals surface area contributed by atoms with Gasteiger partial charge in [0, 0.05) is 28.2 Å². The lowest BCUT2D eigenvalue weighted by atomic mass is 10.1. The molecule has 0 spiro atoms. The molecule has 0 unspecified atom stereocenters. The van der Waals surface area contributed by atoms with Crippen molar-refractivity contribution < 1.29 is 0 Å². The number of anilines is 2. The second-order valence-corrected chi connectivity index (χ2v) is 4.28. The van der Waals surface area contributed by atoms with Gasteiger partial charge in [-0.25, -0.2) is 0 Å². The van der Waals surface area contributed by atoms with Crippen molar-refractivity contribution in [2.45, 2.75) is 6.92 Å². The summed E-state index contributed by atoms with van der Waals surface area (Å²) in [6, 6.07) is 4.19. The van der Waals surface area contributed by atoms with Crippen molar-refractivity contribution in [1.29, 1.82) is 0 Å². The van der Waals surface area contributed by atoms with Gasteiger partial charge in [-0.15, -0.1) is 0 Å². The Hall–Kier alpha value is -0.890. The topological polar surface area (TPSA) is 6.48 Å². The van der Waals surface area contributed by atoms with E-state index in [2.05, 4.69) is 19.1 Å². The van der Waals surface area contributed by atoms with E-state index in [1.807, 2.05) is 38.0 Å². The average Bonchev–Trinajstić information content (AvgIpc) is 2.07. The Kier molecular flexibility index (Phi) is 3.27. The van der Waals surface area contributed by atoms with E-state index < -0.39 is 0 Å². The monoisotopic (exact) mass is 212 g/mol. The molecule has 0 aliphatic rings. The minimum Gasteiger partial charge on any atom is -0.376 e. The molecule has 0 saturated carbocycles. The van der Waals surface area contributed by atoms with E-state index in [0.29, 0.717) is 0 Å². The van der Waals surface area contributed by atoms with Crippen molar-refractivity contribution in [3.8, 4) is 0 Å². The summed E-state index contributed by atoms with van der Waals surface area (Å²) in [4.78, 5) is 4.06. The molecule has 0 heterocycles. The van der Waals surface area contributed by atoms with Gasteiger partial charge in [0.1, 0.15) is 0 Å². The summed E-state index contributed by atoms with van der Waals surface area (Å²) in [6.45, 7) is 2.08. The first kappa shape index (κ1) is 11.2. The molecule has 0 bridgehead atoms. The third-order valence-electron chi connectivity index (χ3n) is 2.14. The Bertz CT molecular complexity index is 303. The first-order valence-corrected chi connectivity index (χ1v) is 4.96. The Morgan fingerprint density at radius 2 is 1.29 bits per heavy atom. The Morgan fingerprint density at radius 3 is 1.57 bits per heavy atom. The van der Waals surface area contributed by atoms with Crippen LogP contribution >= 0.6 is 11.6 Å². The van der Waals surface area contributed by atoms with E-state index in [1.54, 1.807) is 0 Å². The number of halogens is 1. The third kappa shape index (κ3) is 2.13. The van der Waals surface area contributed by atoms with Gasteiger partial charge in [0.05, 0.1) is 16.4 Å². The number of hydrogen-bond acceptors (Lipinski definition) is 2. The number of nitrogens with zero attached hydrogens (tertiary/aromatic N) is 2. The quantitative estimate of drug-likeness (QED) is 0.744. The fourth-order valence-corrected chi connectivity index (χ4v) is 1.83. The van der Waals surface area contributed by atoms with Crippen LogP contribution in [0.25, 0.3) is 0 Å². The maximum Gasteiger partial charge on any atom is 0.0872 e. The zero-order valence-corrected chi connectivity index (χ0v) is 10.2. The maximum absolute atomic E-state index is 6.29. The third-order valence-corrected chi connectivity index (χ3v) is 2.53. The molecule has 0 aromatic heterocycles. The molecule has 2 nitrogen and oxygen atoms in total. The highest BCUT2D eigenvalue weighted by Crippen LogP contribution is 2.34. The van der Waals surface area contributed by atoms with Crippen molar-refractivity contribution in [2.75, 3.05) is 38.0 Å². The molecule has 3 heteroatoms. The van der Waals surface area contributed by atoms with Gasteiger partial charge < -0.3 is 9.80 Å². The second-order valence-electron chi connectivity index (χ2n) is 3.91. The number of rotatable bonds is 2. The Labute approximate surface area is 91.1 Å². The lowest BCUT2D eigenvalue weighted by molar-refractivity contribution is 1.10. The maximum atomic E-state index is 6.29. The van der Waals surface area contributed by atoms with E-state index in [9.17, 15) is 0 Å². The molecule has 1 aromatic carbocycles. The van der Waals surface area contributed by atoms with E-state index >= 15 is 0 Å². The first-order valence-electron chi connectivity index (χ1n) is 4.58. The van der Waals surface area contributed by atoms with Crippen LogP contribution in [0.5, 0.6) is 0 Å². The van der Waals surface area contributed by atoms with Gasteiger partial charge in [0.2, 0.25) is 0 Å². The normalized spacial score (nSPS) is 10.1. The van der Waals surface area contributed by atoms with E-state index in [-0.39, 0.29) is 0 Å². The van der Waals surface area contributed by atoms with Crippen LogP contribution < -0.4 is 9.80 Å². The van der Waals surface area contributed by atoms with E-state index in [4.69, 9.17) is 11.6 Å². The summed E-state index contributed by atoms with van der Waals surface area (Å²) in [5.74, 6) is 0. The van der Waals surface area contributed by atoms with Crippen molar-refractivity contribution in [2.24, 2.45) is 0 Å². The summed E-state index contributed by atoms with van der Waals surface area (Å²) >= 11 is 6.29. The van der Waals surface area contributed by atoms with Gasteiger partial charge in [-0.2, -0.15) is 0 Å². The molecule has 78 valence electrons. The van der Waals surface area contributed by atoms with Gasteiger partial charge in [0.15, 0.2) is 0 Å². The molecule has 0 aliphatic heterocycles. The van der Waals surface area contributed by atoms with Gasteiger partial charge in [-0.1, -0.05) is 11.6 Å². The molecule has 1 rings (SSSR count). The standard InChI is InChI=1S/C11H17ClN2/c1-8-6-9(13(2)3)11(12)10(7-8)14(4)5/h6-7H,1-5H3. The second kappa shape index (κ2) is 4.09. The number of aryl methyl sites for hydroxylation is 1. The van der Waals surface area contributed by atoms with Crippen molar-refractivity contribution in [1.82, 2.24) is 0 Å². The Morgan fingerprint density at radius 1 is 0.929 bits per heavy atom.